The van der Waals surface area contributed by atoms with Gasteiger partial charge in [0.15, 0.2) is 0 Å². The van der Waals surface area contributed by atoms with Crippen molar-refractivity contribution < 1.29 is 19.0 Å². The van der Waals surface area contributed by atoms with Gasteiger partial charge in [0.25, 0.3) is 0 Å². The minimum atomic E-state index is -0.497. The van der Waals surface area contributed by atoms with Crippen molar-refractivity contribution in [3.8, 4) is 11.5 Å². The summed E-state index contributed by atoms with van der Waals surface area (Å²) in [6, 6.07) is 20.6. The predicted molar refractivity (Wildman–Crippen MR) is 156 cm³/mol. The molecule has 0 fully saturated rings. The van der Waals surface area contributed by atoms with E-state index in [9.17, 15) is 4.79 Å². The molecule has 6 heteroatoms. The summed E-state index contributed by atoms with van der Waals surface area (Å²) >= 11 is 0. The molecule has 0 atom stereocenters. The Morgan fingerprint density at radius 3 is 2.38 bits per heavy atom. The molecule has 39 heavy (non-hydrogen) atoms. The minimum absolute atomic E-state index is 0.403. The van der Waals surface area contributed by atoms with Gasteiger partial charge in [-0.05, 0) is 79.9 Å². The molecule has 3 heterocycles. The van der Waals surface area contributed by atoms with Crippen molar-refractivity contribution in [3.63, 3.8) is 0 Å². The van der Waals surface area contributed by atoms with E-state index in [4.69, 9.17) is 14.2 Å². The van der Waals surface area contributed by atoms with Gasteiger partial charge in [0, 0.05) is 38.1 Å². The summed E-state index contributed by atoms with van der Waals surface area (Å²) in [6.07, 6.45) is 2.20. The average Bonchev–Trinajstić information content (AvgIpc) is 3.49. The molecule has 2 aromatic heterocycles. The molecular weight excluding hydrogens is 488 g/mol. The van der Waals surface area contributed by atoms with Gasteiger partial charge in [0.2, 0.25) is 0 Å². The summed E-state index contributed by atoms with van der Waals surface area (Å²) in [5.74, 6) is 1.09. The van der Waals surface area contributed by atoms with Gasteiger partial charge in [-0.3, -0.25) is 0 Å². The zero-order chi connectivity index (χ0) is 27.1. The van der Waals surface area contributed by atoms with Crippen LogP contribution in [0.5, 0.6) is 11.5 Å². The van der Waals surface area contributed by atoms with E-state index >= 15 is 0 Å². The Kier molecular flexibility index (Phi) is 4.89. The van der Waals surface area contributed by atoms with E-state index in [2.05, 4.69) is 85.3 Å². The van der Waals surface area contributed by atoms with Crippen LogP contribution in [0.1, 0.15) is 40.9 Å². The molecule has 4 aromatic carbocycles. The van der Waals surface area contributed by atoms with Crippen LogP contribution in [0.25, 0.3) is 49.2 Å². The van der Waals surface area contributed by atoms with Crippen molar-refractivity contribution >= 4 is 55.2 Å². The molecule has 0 saturated heterocycles. The minimum Gasteiger partial charge on any atom is -0.495 e. The number of H-pyrrole nitrogens is 2. The number of hydrogen-bond donors (Lipinski definition) is 2. The third kappa shape index (κ3) is 3.44. The topological polar surface area (TPSA) is 76.3 Å². The second kappa shape index (κ2) is 8.14. The Hall–Kier alpha value is -4.71. The Balaban J connectivity index is 1.52. The maximum atomic E-state index is 12.4. The third-order valence-corrected chi connectivity index (χ3v) is 7.69. The van der Waals surface area contributed by atoms with Gasteiger partial charge in [0.05, 0.1) is 30.8 Å². The SMILES string of the molecule is COC(=O)c1cc(OC)c2[nH]c3ccc(C4=CC(C)(C)Oc5c(C)cc6c([nH]c7ccccc76)c54)cc3c2c1. The van der Waals surface area contributed by atoms with Crippen LogP contribution in [0.3, 0.4) is 0 Å². The lowest BCUT2D eigenvalue weighted by Gasteiger charge is -2.33. The lowest BCUT2D eigenvalue weighted by atomic mass is 9.87. The lowest BCUT2D eigenvalue weighted by molar-refractivity contribution is 0.0600. The number of carbonyl (C=O) groups excluding carboxylic acids is 1. The molecular formula is C33H28N2O4. The number of fused-ring (bicyclic) bond motifs is 8. The largest absolute Gasteiger partial charge is 0.495 e. The molecule has 2 N–H and O–H groups in total. The number of esters is 1. The second-order valence-electron chi connectivity index (χ2n) is 10.7. The van der Waals surface area contributed by atoms with Crippen molar-refractivity contribution in [3.05, 3.63) is 89.0 Å². The molecule has 0 saturated carbocycles. The van der Waals surface area contributed by atoms with Crippen molar-refractivity contribution in [2.45, 2.75) is 26.4 Å². The maximum Gasteiger partial charge on any atom is 0.338 e. The molecule has 7 rings (SSSR count). The van der Waals surface area contributed by atoms with Crippen LogP contribution in [-0.4, -0.2) is 35.8 Å². The second-order valence-corrected chi connectivity index (χ2v) is 10.7. The van der Waals surface area contributed by atoms with E-state index in [1.54, 1.807) is 13.2 Å². The van der Waals surface area contributed by atoms with E-state index in [0.29, 0.717) is 11.3 Å². The van der Waals surface area contributed by atoms with Gasteiger partial charge >= 0.3 is 5.97 Å². The summed E-state index contributed by atoms with van der Waals surface area (Å²) in [6.45, 7) is 6.29. The molecule has 0 amide bonds. The van der Waals surface area contributed by atoms with E-state index in [1.165, 1.54) is 17.9 Å². The normalized spacial score (nSPS) is 14.4. The fourth-order valence-electron chi connectivity index (χ4n) is 5.96. The number of aromatic nitrogens is 2. The Morgan fingerprint density at radius 1 is 0.846 bits per heavy atom. The zero-order valence-corrected chi connectivity index (χ0v) is 22.5. The van der Waals surface area contributed by atoms with Crippen molar-refractivity contribution in [1.82, 2.24) is 9.97 Å². The fraction of sp³-hybridized carbons (Fsp3) is 0.182. The quantitative estimate of drug-likeness (QED) is 0.237. The maximum absolute atomic E-state index is 12.4. The Labute approximate surface area is 225 Å². The summed E-state index contributed by atoms with van der Waals surface area (Å²) in [7, 11) is 2.99. The highest BCUT2D eigenvalue weighted by Gasteiger charge is 2.31. The van der Waals surface area contributed by atoms with Gasteiger partial charge < -0.3 is 24.2 Å². The van der Waals surface area contributed by atoms with Crippen LogP contribution in [0.4, 0.5) is 0 Å². The molecule has 1 aliphatic heterocycles. The highest BCUT2D eigenvalue weighted by Crippen LogP contribution is 2.47. The van der Waals surface area contributed by atoms with Crippen molar-refractivity contribution in [2.24, 2.45) is 0 Å². The Bertz CT molecular complexity index is 2020. The molecule has 6 nitrogen and oxygen atoms in total. The number of nitrogens with one attached hydrogen (secondary N) is 2. The van der Waals surface area contributed by atoms with Gasteiger partial charge in [-0.1, -0.05) is 24.3 Å². The fourth-order valence-corrected chi connectivity index (χ4v) is 5.96. The highest BCUT2D eigenvalue weighted by atomic mass is 16.5. The van der Waals surface area contributed by atoms with Crippen LogP contribution in [0.2, 0.25) is 0 Å². The number of hydrogen-bond acceptors (Lipinski definition) is 4. The Morgan fingerprint density at radius 2 is 1.59 bits per heavy atom. The predicted octanol–water partition coefficient (Wildman–Crippen LogP) is 7.66. The number of para-hydroxylation sites is 1. The van der Waals surface area contributed by atoms with Crippen LogP contribution in [0.15, 0.2) is 66.7 Å². The van der Waals surface area contributed by atoms with Crippen LogP contribution < -0.4 is 9.47 Å². The van der Waals surface area contributed by atoms with Crippen molar-refractivity contribution in [1.29, 1.82) is 0 Å². The summed E-state index contributed by atoms with van der Waals surface area (Å²) in [4.78, 5) is 19.6. The van der Waals surface area contributed by atoms with E-state index in [0.717, 1.165) is 60.9 Å². The van der Waals surface area contributed by atoms with E-state index in [-0.39, 0.29) is 0 Å². The first kappa shape index (κ1) is 23.4. The molecule has 0 radical (unpaired) electrons. The number of methoxy groups -OCH3 is 2. The van der Waals surface area contributed by atoms with E-state index < -0.39 is 11.6 Å². The van der Waals surface area contributed by atoms with E-state index in [1.807, 2.05) is 6.07 Å². The standard InChI is InChI=1S/C33H28N2O4/c1-17-12-22-20-8-6-7-9-25(20)35-30(22)28-24(16-33(2,3)39-31(17)28)18-10-11-26-21(13-18)23-14-19(32(36)38-5)15-27(37-4)29(23)34-26/h6-16,34-35H,1-5H3. The molecule has 6 aromatic rings. The van der Waals surface area contributed by atoms with Gasteiger partial charge in [0.1, 0.15) is 17.1 Å². The lowest BCUT2D eigenvalue weighted by Crippen LogP contribution is -2.29. The van der Waals surface area contributed by atoms with Crippen LogP contribution in [0, 0.1) is 6.92 Å². The van der Waals surface area contributed by atoms with Crippen molar-refractivity contribution in [2.75, 3.05) is 14.2 Å². The summed E-state index contributed by atoms with van der Waals surface area (Å²) in [5, 5.41) is 4.27. The van der Waals surface area contributed by atoms with Gasteiger partial charge in [-0.2, -0.15) is 0 Å². The zero-order valence-electron chi connectivity index (χ0n) is 22.5. The number of carbonyl (C=O) groups is 1. The van der Waals surface area contributed by atoms with Crippen LogP contribution >= 0.6 is 0 Å². The highest BCUT2D eigenvalue weighted by molar-refractivity contribution is 6.15. The number of ether oxygens (including phenoxy) is 3. The molecule has 0 bridgehead atoms. The number of rotatable bonds is 3. The number of aryl methyl sites for hydroxylation is 1. The summed E-state index contributed by atoms with van der Waals surface area (Å²) in [5.41, 5.74) is 8.24. The first-order valence-electron chi connectivity index (χ1n) is 13.0. The first-order chi connectivity index (χ1) is 18.8. The van der Waals surface area contributed by atoms with Crippen LogP contribution in [-0.2, 0) is 4.74 Å². The summed E-state index contributed by atoms with van der Waals surface area (Å²) < 4.78 is 17.2. The molecule has 0 unspecified atom stereocenters. The molecule has 0 spiro atoms. The monoisotopic (exact) mass is 516 g/mol. The first-order valence-corrected chi connectivity index (χ1v) is 13.0. The number of benzene rings is 4. The number of aromatic amines is 2. The molecule has 1 aliphatic rings. The average molecular weight is 517 g/mol. The smallest absolute Gasteiger partial charge is 0.338 e. The molecule has 0 aliphatic carbocycles. The molecule has 194 valence electrons. The van der Waals surface area contributed by atoms with Gasteiger partial charge in [-0.25, -0.2) is 4.79 Å². The van der Waals surface area contributed by atoms with Gasteiger partial charge in [-0.15, -0.1) is 0 Å². The third-order valence-electron chi connectivity index (χ3n) is 7.69.